The third-order valence-corrected chi connectivity index (χ3v) is 3.31. The van der Waals surface area contributed by atoms with Crippen molar-refractivity contribution >= 4 is 17.3 Å². The van der Waals surface area contributed by atoms with Gasteiger partial charge in [-0.05, 0) is 31.0 Å². The number of imidazole rings is 1. The normalized spacial score (nSPS) is 14.8. The van der Waals surface area contributed by atoms with E-state index in [1.807, 2.05) is 12.5 Å². The van der Waals surface area contributed by atoms with Crippen LogP contribution in [0.25, 0.3) is 0 Å². The van der Waals surface area contributed by atoms with Crippen molar-refractivity contribution in [3.63, 3.8) is 0 Å². The lowest BCUT2D eigenvalue weighted by molar-refractivity contribution is 0.629. The number of nitrogens with one attached hydrogen (secondary N) is 1. The first-order valence-electron chi connectivity index (χ1n) is 5.93. The Balaban J connectivity index is 1.73. The van der Waals surface area contributed by atoms with E-state index in [1.165, 1.54) is 25.0 Å². The lowest BCUT2D eigenvalue weighted by Crippen LogP contribution is -2.06. The first-order valence-corrected chi connectivity index (χ1v) is 6.31. The van der Waals surface area contributed by atoms with E-state index in [1.54, 1.807) is 6.07 Å². The number of rotatable bonds is 4. The Hall–Kier alpha value is -1.55. The minimum atomic E-state index is -0.295. The molecule has 94 valence electrons. The summed E-state index contributed by atoms with van der Waals surface area (Å²) in [4.78, 5) is 4.14. The number of anilines is 1. The van der Waals surface area contributed by atoms with Crippen LogP contribution in [0.2, 0.25) is 5.02 Å². The van der Waals surface area contributed by atoms with Crippen LogP contribution in [0.3, 0.4) is 0 Å². The quantitative estimate of drug-likeness (QED) is 0.915. The fourth-order valence-electron chi connectivity index (χ4n) is 1.97. The second kappa shape index (κ2) is 4.61. The highest BCUT2D eigenvalue weighted by molar-refractivity contribution is 6.30. The first kappa shape index (κ1) is 11.5. The number of benzene rings is 1. The maximum Gasteiger partial charge on any atom is 0.146 e. The standard InChI is InChI=1S/C13H13ClFN3/c14-9-1-4-12(15)13(5-9)17-7-11-6-16-8-18(11)10-2-3-10/h1,4-6,8,10,17H,2-3,7H2. The molecule has 1 fully saturated rings. The molecule has 1 aliphatic rings. The molecule has 0 radical (unpaired) electrons. The SMILES string of the molecule is Fc1ccc(Cl)cc1NCc1cncn1C1CC1. The van der Waals surface area contributed by atoms with Crippen molar-refractivity contribution in [1.82, 2.24) is 9.55 Å². The Morgan fingerprint density at radius 3 is 3.06 bits per heavy atom. The molecular formula is C13H13ClFN3. The minimum absolute atomic E-state index is 0.295. The summed E-state index contributed by atoms with van der Waals surface area (Å²) >= 11 is 5.84. The van der Waals surface area contributed by atoms with E-state index in [-0.39, 0.29) is 5.82 Å². The highest BCUT2D eigenvalue weighted by Gasteiger charge is 2.25. The lowest BCUT2D eigenvalue weighted by Gasteiger charge is -2.10. The molecule has 0 bridgehead atoms. The van der Waals surface area contributed by atoms with Crippen molar-refractivity contribution < 1.29 is 4.39 Å². The monoisotopic (exact) mass is 265 g/mol. The molecule has 18 heavy (non-hydrogen) atoms. The molecule has 1 heterocycles. The Labute approximate surface area is 110 Å². The Morgan fingerprint density at radius 2 is 2.28 bits per heavy atom. The largest absolute Gasteiger partial charge is 0.377 e. The summed E-state index contributed by atoms with van der Waals surface area (Å²) in [7, 11) is 0. The van der Waals surface area contributed by atoms with Gasteiger partial charge in [0.05, 0.1) is 24.3 Å². The van der Waals surface area contributed by atoms with E-state index in [0.717, 1.165) is 5.69 Å². The molecule has 3 nitrogen and oxygen atoms in total. The second-order valence-electron chi connectivity index (χ2n) is 4.50. The molecule has 0 amide bonds. The van der Waals surface area contributed by atoms with Crippen molar-refractivity contribution in [3.05, 3.63) is 47.3 Å². The summed E-state index contributed by atoms with van der Waals surface area (Å²) in [6, 6.07) is 5.07. The minimum Gasteiger partial charge on any atom is -0.377 e. The van der Waals surface area contributed by atoms with Crippen LogP contribution in [-0.2, 0) is 6.54 Å². The molecule has 3 rings (SSSR count). The average Bonchev–Trinajstić information content (AvgIpc) is 3.10. The molecular weight excluding hydrogens is 253 g/mol. The number of halogens is 2. The third kappa shape index (κ3) is 2.34. The van der Waals surface area contributed by atoms with Crippen molar-refractivity contribution in [1.29, 1.82) is 0 Å². The van der Waals surface area contributed by atoms with Gasteiger partial charge in [-0.3, -0.25) is 0 Å². The highest BCUT2D eigenvalue weighted by Crippen LogP contribution is 2.35. The zero-order valence-corrected chi connectivity index (χ0v) is 10.5. The van der Waals surface area contributed by atoms with Crippen molar-refractivity contribution in [2.75, 3.05) is 5.32 Å². The van der Waals surface area contributed by atoms with E-state index >= 15 is 0 Å². The number of hydrogen-bond acceptors (Lipinski definition) is 2. The van der Waals surface area contributed by atoms with Crippen molar-refractivity contribution in [2.24, 2.45) is 0 Å². The average molecular weight is 266 g/mol. The van der Waals surface area contributed by atoms with Gasteiger partial charge in [0, 0.05) is 17.3 Å². The Morgan fingerprint density at radius 1 is 1.44 bits per heavy atom. The van der Waals surface area contributed by atoms with E-state index in [9.17, 15) is 4.39 Å². The molecule has 0 spiro atoms. The van der Waals surface area contributed by atoms with Crippen LogP contribution in [0.4, 0.5) is 10.1 Å². The van der Waals surface area contributed by atoms with Crippen LogP contribution in [0.1, 0.15) is 24.6 Å². The summed E-state index contributed by atoms with van der Waals surface area (Å²) in [6.07, 6.45) is 6.06. The number of aromatic nitrogens is 2. The highest BCUT2D eigenvalue weighted by atomic mass is 35.5. The van der Waals surface area contributed by atoms with Gasteiger partial charge in [0.25, 0.3) is 0 Å². The van der Waals surface area contributed by atoms with Crippen LogP contribution in [-0.4, -0.2) is 9.55 Å². The van der Waals surface area contributed by atoms with Crippen LogP contribution in [0.15, 0.2) is 30.7 Å². The van der Waals surface area contributed by atoms with E-state index in [4.69, 9.17) is 11.6 Å². The van der Waals surface area contributed by atoms with Crippen LogP contribution < -0.4 is 5.32 Å². The lowest BCUT2D eigenvalue weighted by atomic mass is 10.3. The van der Waals surface area contributed by atoms with E-state index in [0.29, 0.717) is 23.3 Å². The molecule has 0 atom stereocenters. The smallest absolute Gasteiger partial charge is 0.146 e. The predicted octanol–water partition coefficient (Wildman–Crippen LogP) is 3.62. The molecule has 1 saturated carbocycles. The van der Waals surface area contributed by atoms with Gasteiger partial charge in [0.2, 0.25) is 0 Å². The zero-order valence-electron chi connectivity index (χ0n) is 9.74. The van der Waals surface area contributed by atoms with E-state index in [2.05, 4.69) is 14.9 Å². The van der Waals surface area contributed by atoms with Crippen molar-refractivity contribution in [2.45, 2.75) is 25.4 Å². The molecule has 2 aromatic rings. The summed E-state index contributed by atoms with van der Waals surface area (Å²) in [6.45, 7) is 0.549. The molecule has 5 heteroatoms. The maximum absolute atomic E-state index is 13.5. The zero-order chi connectivity index (χ0) is 12.5. The third-order valence-electron chi connectivity index (χ3n) is 3.07. The molecule has 1 aliphatic carbocycles. The summed E-state index contributed by atoms with van der Waals surface area (Å²) in [5.74, 6) is -0.295. The van der Waals surface area contributed by atoms with Gasteiger partial charge in [0.15, 0.2) is 0 Å². The summed E-state index contributed by atoms with van der Waals surface area (Å²) < 4.78 is 15.7. The van der Waals surface area contributed by atoms with Gasteiger partial charge >= 0.3 is 0 Å². The van der Waals surface area contributed by atoms with E-state index < -0.39 is 0 Å². The van der Waals surface area contributed by atoms with Gasteiger partial charge < -0.3 is 9.88 Å². The molecule has 0 saturated heterocycles. The fourth-order valence-corrected chi connectivity index (χ4v) is 2.14. The number of nitrogens with zero attached hydrogens (tertiary/aromatic N) is 2. The van der Waals surface area contributed by atoms with Gasteiger partial charge in [-0.2, -0.15) is 0 Å². The Bertz CT molecular complexity index is 563. The Kier molecular flexibility index (Phi) is 2.96. The molecule has 0 aliphatic heterocycles. The first-order chi connectivity index (χ1) is 8.74. The fraction of sp³-hybridized carbons (Fsp3) is 0.308. The van der Waals surface area contributed by atoms with Crippen LogP contribution >= 0.6 is 11.6 Å². The second-order valence-corrected chi connectivity index (χ2v) is 4.94. The predicted molar refractivity (Wildman–Crippen MR) is 69.2 cm³/mol. The molecule has 1 N–H and O–H groups in total. The topological polar surface area (TPSA) is 29.9 Å². The molecule has 1 aromatic carbocycles. The number of hydrogen-bond donors (Lipinski definition) is 1. The maximum atomic E-state index is 13.5. The molecule has 0 unspecified atom stereocenters. The molecule has 1 aromatic heterocycles. The van der Waals surface area contributed by atoms with Crippen LogP contribution in [0.5, 0.6) is 0 Å². The summed E-state index contributed by atoms with van der Waals surface area (Å²) in [5, 5.41) is 3.58. The van der Waals surface area contributed by atoms with Gasteiger partial charge in [-0.1, -0.05) is 11.6 Å². The van der Waals surface area contributed by atoms with Crippen LogP contribution in [0, 0.1) is 5.82 Å². The van der Waals surface area contributed by atoms with Gasteiger partial charge in [-0.15, -0.1) is 0 Å². The van der Waals surface area contributed by atoms with Gasteiger partial charge in [-0.25, -0.2) is 9.37 Å². The van der Waals surface area contributed by atoms with Gasteiger partial charge in [0.1, 0.15) is 5.82 Å². The summed E-state index contributed by atoms with van der Waals surface area (Å²) in [5.41, 5.74) is 1.49. The van der Waals surface area contributed by atoms with Crippen molar-refractivity contribution in [3.8, 4) is 0 Å².